The third kappa shape index (κ3) is 4.56. The third-order valence-corrected chi connectivity index (χ3v) is 3.65. The van der Waals surface area contributed by atoms with Gasteiger partial charge in [0, 0.05) is 12.1 Å². The summed E-state index contributed by atoms with van der Waals surface area (Å²) in [5.74, 6) is 0. The standard InChI is InChI=1S/C15H22N2O2/c16-15(9-5-2-6-10-15)12-17-14(18)19-11-13-7-3-1-4-8-13/h1,3-4,7-8H,2,5-6,9-12,16H2,(H,17,18). The number of hydrogen-bond donors (Lipinski definition) is 2. The summed E-state index contributed by atoms with van der Waals surface area (Å²) >= 11 is 0. The van der Waals surface area contributed by atoms with Gasteiger partial charge in [0.2, 0.25) is 0 Å². The summed E-state index contributed by atoms with van der Waals surface area (Å²) in [5, 5.41) is 2.78. The number of rotatable bonds is 4. The van der Waals surface area contributed by atoms with Crippen LogP contribution in [-0.2, 0) is 11.3 Å². The number of amides is 1. The summed E-state index contributed by atoms with van der Waals surface area (Å²) in [6, 6.07) is 9.64. The lowest BCUT2D eigenvalue weighted by molar-refractivity contribution is 0.135. The molecule has 4 nitrogen and oxygen atoms in total. The van der Waals surface area contributed by atoms with Crippen LogP contribution >= 0.6 is 0 Å². The molecule has 0 spiro atoms. The summed E-state index contributed by atoms with van der Waals surface area (Å²) < 4.78 is 5.16. The molecule has 0 atom stereocenters. The summed E-state index contributed by atoms with van der Waals surface area (Å²) in [4.78, 5) is 11.6. The predicted molar refractivity (Wildman–Crippen MR) is 74.6 cm³/mol. The maximum atomic E-state index is 11.6. The molecule has 0 saturated heterocycles. The van der Waals surface area contributed by atoms with Crippen molar-refractivity contribution in [2.45, 2.75) is 44.2 Å². The van der Waals surface area contributed by atoms with Gasteiger partial charge in [-0.2, -0.15) is 0 Å². The van der Waals surface area contributed by atoms with Gasteiger partial charge in [-0.1, -0.05) is 49.6 Å². The molecule has 104 valence electrons. The van der Waals surface area contributed by atoms with E-state index in [4.69, 9.17) is 10.5 Å². The van der Waals surface area contributed by atoms with Gasteiger partial charge in [0.1, 0.15) is 6.61 Å². The molecule has 1 aromatic carbocycles. The van der Waals surface area contributed by atoms with E-state index in [0.717, 1.165) is 31.2 Å². The Morgan fingerprint density at radius 3 is 2.58 bits per heavy atom. The maximum absolute atomic E-state index is 11.6. The van der Waals surface area contributed by atoms with E-state index in [2.05, 4.69) is 5.32 Å². The molecule has 1 saturated carbocycles. The van der Waals surface area contributed by atoms with Crippen LogP contribution in [0.15, 0.2) is 30.3 Å². The number of alkyl carbamates (subject to hydrolysis) is 1. The zero-order valence-electron chi connectivity index (χ0n) is 11.2. The van der Waals surface area contributed by atoms with Crippen LogP contribution in [0, 0.1) is 0 Å². The molecule has 0 aromatic heterocycles. The van der Waals surface area contributed by atoms with Crippen LogP contribution in [0.2, 0.25) is 0 Å². The monoisotopic (exact) mass is 262 g/mol. The Kier molecular flexibility index (Phi) is 4.80. The Labute approximate surface area is 114 Å². The second-order valence-corrected chi connectivity index (χ2v) is 5.34. The zero-order chi connectivity index (χ0) is 13.6. The summed E-state index contributed by atoms with van der Waals surface area (Å²) in [6.07, 6.45) is 5.11. The highest BCUT2D eigenvalue weighted by atomic mass is 16.5. The minimum atomic E-state index is -0.390. The van der Waals surface area contributed by atoms with Crippen molar-refractivity contribution in [3.8, 4) is 0 Å². The number of ether oxygens (including phenoxy) is 1. The first-order chi connectivity index (χ1) is 9.18. The summed E-state index contributed by atoms with van der Waals surface area (Å²) in [7, 11) is 0. The first-order valence-electron chi connectivity index (χ1n) is 6.91. The molecule has 0 bridgehead atoms. The van der Waals surface area contributed by atoms with Gasteiger partial charge in [0.25, 0.3) is 0 Å². The first kappa shape index (κ1) is 13.9. The fourth-order valence-electron chi connectivity index (χ4n) is 2.46. The van der Waals surface area contributed by atoms with E-state index in [0.29, 0.717) is 13.2 Å². The SMILES string of the molecule is NC1(CNC(=O)OCc2ccccc2)CCCCC1. The van der Waals surface area contributed by atoms with E-state index in [9.17, 15) is 4.79 Å². The van der Waals surface area contributed by atoms with Gasteiger partial charge in [-0.3, -0.25) is 0 Å². The molecule has 3 N–H and O–H groups in total. The van der Waals surface area contributed by atoms with E-state index in [1.54, 1.807) is 0 Å². The van der Waals surface area contributed by atoms with Crippen molar-refractivity contribution in [3.63, 3.8) is 0 Å². The Morgan fingerprint density at radius 1 is 1.21 bits per heavy atom. The highest BCUT2D eigenvalue weighted by Crippen LogP contribution is 2.25. The van der Waals surface area contributed by atoms with Crippen molar-refractivity contribution < 1.29 is 9.53 Å². The van der Waals surface area contributed by atoms with Gasteiger partial charge in [-0.25, -0.2) is 4.79 Å². The van der Waals surface area contributed by atoms with Gasteiger partial charge in [-0.15, -0.1) is 0 Å². The summed E-state index contributed by atoms with van der Waals surface area (Å²) in [5.41, 5.74) is 6.98. The van der Waals surface area contributed by atoms with E-state index >= 15 is 0 Å². The first-order valence-corrected chi connectivity index (χ1v) is 6.91. The number of benzene rings is 1. The second kappa shape index (κ2) is 6.57. The molecule has 1 aliphatic carbocycles. The Bertz CT molecular complexity index is 400. The fraction of sp³-hybridized carbons (Fsp3) is 0.533. The number of hydrogen-bond acceptors (Lipinski definition) is 3. The van der Waals surface area contributed by atoms with Crippen LogP contribution in [0.5, 0.6) is 0 Å². The quantitative estimate of drug-likeness (QED) is 0.876. The zero-order valence-corrected chi connectivity index (χ0v) is 11.2. The molecule has 1 amide bonds. The normalized spacial score (nSPS) is 17.7. The molecular formula is C15H22N2O2. The molecule has 0 unspecified atom stereocenters. The van der Waals surface area contributed by atoms with E-state index in [1.807, 2.05) is 30.3 Å². The van der Waals surface area contributed by atoms with Crippen molar-refractivity contribution in [1.82, 2.24) is 5.32 Å². The number of carbonyl (C=O) groups is 1. The van der Waals surface area contributed by atoms with Crippen LogP contribution < -0.4 is 11.1 Å². The van der Waals surface area contributed by atoms with Gasteiger partial charge in [-0.05, 0) is 18.4 Å². The van der Waals surface area contributed by atoms with E-state index in [-0.39, 0.29) is 11.6 Å². The van der Waals surface area contributed by atoms with Crippen LogP contribution in [-0.4, -0.2) is 18.2 Å². The Balaban J connectivity index is 1.70. The minimum absolute atomic E-state index is 0.246. The largest absolute Gasteiger partial charge is 0.445 e. The van der Waals surface area contributed by atoms with Gasteiger partial charge >= 0.3 is 6.09 Å². The molecular weight excluding hydrogens is 240 g/mol. The van der Waals surface area contributed by atoms with E-state index in [1.165, 1.54) is 6.42 Å². The van der Waals surface area contributed by atoms with Crippen molar-refractivity contribution in [2.24, 2.45) is 5.73 Å². The average Bonchev–Trinajstić information content (AvgIpc) is 2.45. The smallest absolute Gasteiger partial charge is 0.407 e. The second-order valence-electron chi connectivity index (χ2n) is 5.34. The molecule has 2 rings (SSSR count). The van der Waals surface area contributed by atoms with Crippen LogP contribution in [0.1, 0.15) is 37.7 Å². The highest BCUT2D eigenvalue weighted by molar-refractivity contribution is 5.67. The molecule has 0 aliphatic heterocycles. The van der Waals surface area contributed by atoms with Crippen molar-refractivity contribution in [3.05, 3.63) is 35.9 Å². The Hall–Kier alpha value is -1.55. The van der Waals surface area contributed by atoms with Crippen LogP contribution in [0.25, 0.3) is 0 Å². The molecule has 1 fully saturated rings. The van der Waals surface area contributed by atoms with Crippen LogP contribution in [0.4, 0.5) is 4.79 Å². The van der Waals surface area contributed by atoms with Gasteiger partial charge < -0.3 is 15.8 Å². The topological polar surface area (TPSA) is 64.3 Å². The number of nitrogens with one attached hydrogen (secondary N) is 1. The average molecular weight is 262 g/mol. The van der Waals surface area contributed by atoms with Gasteiger partial charge in [0.15, 0.2) is 0 Å². The molecule has 1 aliphatic rings. The molecule has 0 heterocycles. The molecule has 19 heavy (non-hydrogen) atoms. The van der Waals surface area contributed by atoms with Crippen molar-refractivity contribution in [2.75, 3.05) is 6.54 Å². The predicted octanol–water partition coefficient (Wildman–Crippen LogP) is 2.57. The lowest BCUT2D eigenvalue weighted by Crippen LogP contribution is -2.51. The third-order valence-electron chi connectivity index (χ3n) is 3.65. The Morgan fingerprint density at radius 2 is 1.89 bits per heavy atom. The maximum Gasteiger partial charge on any atom is 0.407 e. The molecule has 1 aromatic rings. The number of nitrogens with two attached hydrogens (primary N) is 1. The summed E-state index contributed by atoms with van der Waals surface area (Å²) in [6.45, 7) is 0.796. The highest BCUT2D eigenvalue weighted by Gasteiger charge is 2.27. The molecule has 0 radical (unpaired) electrons. The van der Waals surface area contributed by atoms with Gasteiger partial charge in [0.05, 0.1) is 0 Å². The lowest BCUT2D eigenvalue weighted by Gasteiger charge is -2.33. The molecule has 4 heteroatoms. The fourth-order valence-corrected chi connectivity index (χ4v) is 2.46. The van der Waals surface area contributed by atoms with E-state index < -0.39 is 0 Å². The minimum Gasteiger partial charge on any atom is -0.445 e. The lowest BCUT2D eigenvalue weighted by atomic mass is 9.82. The van der Waals surface area contributed by atoms with Crippen LogP contribution in [0.3, 0.4) is 0 Å². The number of carbonyl (C=O) groups excluding carboxylic acids is 1. The van der Waals surface area contributed by atoms with Crippen molar-refractivity contribution >= 4 is 6.09 Å². The van der Waals surface area contributed by atoms with Crippen molar-refractivity contribution in [1.29, 1.82) is 0 Å².